The number of nitrogens with two attached hydrogens (primary N) is 1. The average Bonchev–Trinajstić information content (AvgIpc) is 2.36. The molecule has 1 aliphatic heterocycles. The van der Waals surface area contributed by atoms with E-state index in [2.05, 4.69) is 13.8 Å². The van der Waals surface area contributed by atoms with Gasteiger partial charge < -0.3 is 15.4 Å². The summed E-state index contributed by atoms with van der Waals surface area (Å²) < 4.78 is 5.11. The fourth-order valence-electron chi connectivity index (χ4n) is 2.65. The maximum absolute atomic E-state index is 12.5. The van der Waals surface area contributed by atoms with Crippen LogP contribution in [-0.4, -0.2) is 31.0 Å². The van der Waals surface area contributed by atoms with Gasteiger partial charge in [0.25, 0.3) is 5.91 Å². The number of nitrogen functional groups attached to an aromatic ring is 1. The number of benzene rings is 1. The molecule has 0 atom stereocenters. The number of amides is 1. The molecule has 2 N–H and O–H groups in total. The largest absolute Gasteiger partial charge is 0.495 e. The van der Waals surface area contributed by atoms with Crippen molar-refractivity contribution in [3.63, 3.8) is 0 Å². The van der Waals surface area contributed by atoms with E-state index in [1.54, 1.807) is 25.3 Å². The van der Waals surface area contributed by atoms with Crippen molar-refractivity contribution >= 4 is 11.6 Å². The lowest BCUT2D eigenvalue weighted by molar-refractivity contribution is 0.0583. The zero-order valence-corrected chi connectivity index (χ0v) is 11.9. The summed E-state index contributed by atoms with van der Waals surface area (Å²) >= 11 is 0. The topological polar surface area (TPSA) is 55.6 Å². The van der Waals surface area contributed by atoms with E-state index in [9.17, 15) is 4.79 Å². The summed E-state index contributed by atoms with van der Waals surface area (Å²) in [5, 5.41) is 0. The van der Waals surface area contributed by atoms with Crippen LogP contribution < -0.4 is 10.5 Å². The van der Waals surface area contributed by atoms with E-state index >= 15 is 0 Å². The van der Waals surface area contributed by atoms with Crippen LogP contribution in [0.15, 0.2) is 18.2 Å². The maximum atomic E-state index is 12.5. The first-order valence-corrected chi connectivity index (χ1v) is 6.66. The summed E-state index contributed by atoms with van der Waals surface area (Å²) in [6.45, 7) is 6.04. The van der Waals surface area contributed by atoms with E-state index in [0.717, 1.165) is 19.5 Å². The van der Waals surface area contributed by atoms with Crippen LogP contribution in [0.5, 0.6) is 5.75 Å². The number of anilines is 1. The van der Waals surface area contributed by atoms with Gasteiger partial charge in [0.05, 0.1) is 12.8 Å². The van der Waals surface area contributed by atoms with Gasteiger partial charge in [-0.25, -0.2) is 0 Å². The quantitative estimate of drug-likeness (QED) is 0.833. The van der Waals surface area contributed by atoms with Crippen LogP contribution >= 0.6 is 0 Å². The Hall–Kier alpha value is -1.71. The highest BCUT2D eigenvalue weighted by atomic mass is 16.5. The summed E-state index contributed by atoms with van der Waals surface area (Å²) in [7, 11) is 1.57. The molecule has 19 heavy (non-hydrogen) atoms. The molecule has 1 aliphatic rings. The van der Waals surface area contributed by atoms with Gasteiger partial charge in [-0.2, -0.15) is 0 Å². The van der Waals surface area contributed by atoms with Crippen molar-refractivity contribution in [2.24, 2.45) is 5.41 Å². The molecule has 0 spiro atoms. The fourth-order valence-corrected chi connectivity index (χ4v) is 2.65. The number of carbonyl (C=O) groups excluding carboxylic acids is 1. The van der Waals surface area contributed by atoms with Gasteiger partial charge in [0.1, 0.15) is 5.75 Å². The highest BCUT2D eigenvalue weighted by molar-refractivity contribution is 5.95. The summed E-state index contributed by atoms with van der Waals surface area (Å²) in [6.07, 6.45) is 2.23. The molecule has 1 aromatic carbocycles. The summed E-state index contributed by atoms with van der Waals surface area (Å²) in [4.78, 5) is 14.4. The SMILES string of the molecule is COc1ccc(C(=O)N2CCCC(C)(C)C2)cc1N. The summed E-state index contributed by atoms with van der Waals surface area (Å²) in [5.41, 5.74) is 7.20. The van der Waals surface area contributed by atoms with Gasteiger partial charge in [-0.1, -0.05) is 13.8 Å². The molecule has 2 rings (SSSR count). The minimum Gasteiger partial charge on any atom is -0.495 e. The molecule has 1 heterocycles. The molecule has 0 aromatic heterocycles. The van der Waals surface area contributed by atoms with E-state index < -0.39 is 0 Å². The average molecular weight is 262 g/mol. The Labute approximate surface area is 114 Å². The van der Waals surface area contributed by atoms with Crippen molar-refractivity contribution in [3.05, 3.63) is 23.8 Å². The van der Waals surface area contributed by atoms with Crippen LogP contribution in [-0.2, 0) is 0 Å². The lowest BCUT2D eigenvalue weighted by Gasteiger charge is -2.38. The summed E-state index contributed by atoms with van der Waals surface area (Å²) in [6, 6.07) is 5.22. The Balaban J connectivity index is 2.17. The van der Waals surface area contributed by atoms with E-state index in [0.29, 0.717) is 17.0 Å². The second-order valence-corrected chi connectivity index (χ2v) is 5.95. The Morgan fingerprint density at radius 2 is 2.16 bits per heavy atom. The molecular weight excluding hydrogens is 240 g/mol. The first-order valence-electron chi connectivity index (χ1n) is 6.66. The molecule has 1 saturated heterocycles. The zero-order valence-electron chi connectivity index (χ0n) is 11.9. The van der Waals surface area contributed by atoms with Crippen molar-refractivity contribution in [1.82, 2.24) is 4.90 Å². The predicted octanol–water partition coefficient (Wildman–Crippen LogP) is 2.54. The van der Waals surface area contributed by atoms with Crippen molar-refractivity contribution in [1.29, 1.82) is 0 Å². The molecule has 0 aliphatic carbocycles. The molecule has 1 amide bonds. The van der Waals surface area contributed by atoms with Crippen LogP contribution in [0.1, 0.15) is 37.0 Å². The van der Waals surface area contributed by atoms with Crippen molar-refractivity contribution in [2.75, 3.05) is 25.9 Å². The second-order valence-electron chi connectivity index (χ2n) is 5.95. The Bertz CT molecular complexity index is 483. The third-order valence-corrected chi connectivity index (χ3v) is 3.66. The Morgan fingerprint density at radius 1 is 1.42 bits per heavy atom. The molecule has 0 bridgehead atoms. The molecule has 4 heteroatoms. The molecule has 0 radical (unpaired) electrons. The number of hydrogen-bond acceptors (Lipinski definition) is 3. The number of likely N-dealkylation sites (tertiary alicyclic amines) is 1. The van der Waals surface area contributed by atoms with Crippen LogP contribution in [0.25, 0.3) is 0 Å². The third-order valence-electron chi connectivity index (χ3n) is 3.66. The number of carbonyl (C=O) groups is 1. The summed E-state index contributed by atoms with van der Waals surface area (Å²) in [5.74, 6) is 0.664. The lowest BCUT2D eigenvalue weighted by Crippen LogP contribution is -2.43. The van der Waals surface area contributed by atoms with Crippen molar-refractivity contribution < 1.29 is 9.53 Å². The van der Waals surface area contributed by atoms with Gasteiger partial charge >= 0.3 is 0 Å². The molecular formula is C15H22N2O2. The fraction of sp³-hybridized carbons (Fsp3) is 0.533. The minimum atomic E-state index is 0.0575. The minimum absolute atomic E-state index is 0.0575. The number of methoxy groups -OCH3 is 1. The van der Waals surface area contributed by atoms with Gasteiger partial charge in [0.15, 0.2) is 0 Å². The number of ether oxygens (including phenoxy) is 1. The van der Waals surface area contributed by atoms with Gasteiger partial charge in [-0.15, -0.1) is 0 Å². The van der Waals surface area contributed by atoms with Crippen LogP contribution in [0.2, 0.25) is 0 Å². The predicted molar refractivity (Wildman–Crippen MR) is 76.3 cm³/mol. The van der Waals surface area contributed by atoms with Crippen LogP contribution in [0.4, 0.5) is 5.69 Å². The van der Waals surface area contributed by atoms with Crippen LogP contribution in [0.3, 0.4) is 0 Å². The molecule has 104 valence electrons. The molecule has 1 aromatic rings. The smallest absolute Gasteiger partial charge is 0.253 e. The van der Waals surface area contributed by atoms with Crippen molar-refractivity contribution in [2.45, 2.75) is 26.7 Å². The van der Waals surface area contributed by atoms with Gasteiger partial charge in [-0.3, -0.25) is 4.79 Å². The number of hydrogen-bond donors (Lipinski definition) is 1. The normalized spacial score (nSPS) is 18.2. The highest BCUT2D eigenvalue weighted by Gasteiger charge is 2.29. The van der Waals surface area contributed by atoms with E-state index in [-0.39, 0.29) is 11.3 Å². The first kappa shape index (κ1) is 13.7. The standard InChI is InChI=1S/C15H22N2O2/c1-15(2)7-4-8-17(10-15)14(18)11-5-6-13(19-3)12(16)9-11/h5-6,9H,4,7-8,10,16H2,1-3H3. The van der Waals surface area contributed by atoms with Gasteiger partial charge in [0, 0.05) is 18.7 Å². The number of nitrogens with zero attached hydrogens (tertiary/aromatic N) is 1. The first-order chi connectivity index (χ1) is 8.93. The van der Waals surface area contributed by atoms with Gasteiger partial charge in [0.2, 0.25) is 0 Å². The Kier molecular flexibility index (Phi) is 3.69. The molecule has 0 unspecified atom stereocenters. The Morgan fingerprint density at radius 3 is 2.74 bits per heavy atom. The monoisotopic (exact) mass is 262 g/mol. The second kappa shape index (κ2) is 5.11. The lowest BCUT2D eigenvalue weighted by atomic mass is 9.84. The van der Waals surface area contributed by atoms with E-state index in [1.807, 2.05) is 4.90 Å². The van der Waals surface area contributed by atoms with Gasteiger partial charge in [-0.05, 0) is 36.5 Å². The zero-order chi connectivity index (χ0) is 14.0. The van der Waals surface area contributed by atoms with Crippen molar-refractivity contribution in [3.8, 4) is 5.75 Å². The van der Waals surface area contributed by atoms with Crippen LogP contribution in [0, 0.1) is 5.41 Å². The van der Waals surface area contributed by atoms with E-state index in [1.165, 1.54) is 6.42 Å². The number of rotatable bonds is 2. The highest BCUT2D eigenvalue weighted by Crippen LogP contribution is 2.30. The number of piperidine rings is 1. The molecule has 4 nitrogen and oxygen atoms in total. The molecule has 0 saturated carbocycles. The maximum Gasteiger partial charge on any atom is 0.253 e. The third kappa shape index (κ3) is 3.00. The van der Waals surface area contributed by atoms with E-state index in [4.69, 9.17) is 10.5 Å². The molecule has 1 fully saturated rings.